The number of carbonyl (C=O) groups is 4. The molecule has 0 radical (unpaired) electrons. The zero-order chi connectivity index (χ0) is 30.6. The summed E-state index contributed by atoms with van der Waals surface area (Å²) in [5.41, 5.74) is 6.17. The highest BCUT2D eigenvalue weighted by Crippen LogP contribution is 2.41. The first-order chi connectivity index (χ1) is 19.9. The number of benzene rings is 1. The maximum Gasteiger partial charge on any atom is 0.435 e. The van der Waals surface area contributed by atoms with E-state index in [1.54, 1.807) is 31.2 Å². The quantitative estimate of drug-likeness (QED) is 0.209. The summed E-state index contributed by atoms with van der Waals surface area (Å²) in [6, 6.07) is 9.47. The van der Waals surface area contributed by atoms with Crippen molar-refractivity contribution in [1.29, 1.82) is 0 Å². The third kappa shape index (κ3) is 7.10. The van der Waals surface area contributed by atoms with Crippen LogP contribution in [0.15, 0.2) is 42.6 Å². The average Bonchev–Trinajstić information content (AvgIpc) is 3.35. The topological polar surface area (TPSA) is 137 Å². The molecule has 4 rings (SSSR count). The number of alkyl halides is 3. The van der Waals surface area contributed by atoms with Crippen molar-refractivity contribution in [1.82, 2.24) is 14.8 Å². The minimum absolute atomic E-state index is 0.0553. The molecule has 1 amide bonds. The molecule has 3 aromatic rings. The van der Waals surface area contributed by atoms with Crippen molar-refractivity contribution in [2.45, 2.75) is 58.2 Å². The second-order valence-corrected chi connectivity index (χ2v) is 10.7. The van der Waals surface area contributed by atoms with Gasteiger partial charge < -0.3 is 15.8 Å². The molecule has 9 nitrogen and oxygen atoms in total. The molecule has 0 spiro atoms. The Morgan fingerprint density at radius 2 is 1.90 bits per heavy atom. The summed E-state index contributed by atoms with van der Waals surface area (Å²) in [5, 5.41) is 7.13. The van der Waals surface area contributed by atoms with E-state index in [1.807, 2.05) is 0 Å². The first kappa shape index (κ1) is 30.6. The lowest BCUT2D eigenvalue weighted by atomic mass is 9.80. The second kappa shape index (κ2) is 12.7. The lowest BCUT2D eigenvalue weighted by molar-refractivity contribution is -0.141. The highest BCUT2D eigenvalue weighted by atomic mass is 19.4. The number of anilines is 1. The molecule has 1 aromatic carbocycles. The van der Waals surface area contributed by atoms with Gasteiger partial charge in [-0.05, 0) is 69.4 Å². The second-order valence-electron chi connectivity index (χ2n) is 10.7. The van der Waals surface area contributed by atoms with Gasteiger partial charge in [-0.1, -0.05) is 6.07 Å². The molecule has 0 saturated heterocycles. The van der Waals surface area contributed by atoms with E-state index in [0.717, 1.165) is 0 Å². The fraction of sp³-hybridized carbons (Fsp3) is 0.400. The minimum atomic E-state index is -4.62. The third-order valence-electron chi connectivity index (χ3n) is 7.51. The van der Waals surface area contributed by atoms with Crippen LogP contribution in [0.1, 0.15) is 77.2 Å². The number of hydrogen-bond acceptors (Lipinski definition) is 7. The van der Waals surface area contributed by atoms with Crippen molar-refractivity contribution in [3.05, 3.63) is 65.1 Å². The molecule has 1 unspecified atom stereocenters. The Bertz CT molecular complexity index is 1490. The van der Waals surface area contributed by atoms with Crippen LogP contribution in [-0.2, 0) is 15.8 Å². The number of halogens is 3. The SMILES string of the molecule is CC(=O)c1ccc(NCC2CC(n3cc(-c4cccc(C)n4)c(C(F)(F)F)n3)C2)cc1C(=O)CC(CCC=O)C(N)=O. The third-order valence-corrected chi connectivity index (χ3v) is 7.51. The molecule has 1 saturated carbocycles. The highest BCUT2D eigenvalue weighted by molar-refractivity contribution is 6.09. The molecular formula is C30H32F3N5O4. The maximum absolute atomic E-state index is 13.8. The minimum Gasteiger partial charge on any atom is -0.385 e. The number of hydrogen-bond donors (Lipinski definition) is 2. The van der Waals surface area contributed by atoms with Crippen molar-refractivity contribution < 1.29 is 32.3 Å². The number of aryl methyl sites for hydroxylation is 1. The molecule has 1 aliphatic carbocycles. The Morgan fingerprint density at radius 3 is 2.52 bits per heavy atom. The maximum atomic E-state index is 13.8. The molecule has 1 atom stereocenters. The molecule has 2 aromatic heterocycles. The van der Waals surface area contributed by atoms with Crippen molar-refractivity contribution in [3.63, 3.8) is 0 Å². The van der Waals surface area contributed by atoms with E-state index in [0.29, 0.717) is 37.1 Å². The van der Waals surface area contributed by atoms with E-state index in [9.17, 15) is 32.3 Å². The van der Waals surface area contributed by atoms with Gasteiger partial charge >= 0.3 is 6.18 Å². The molecule has 1 fully saturated rings. The van der Waals surface area contributed by atoms with E-state index >= 15 is 0 Å². The van der Waals surface area contributed by atoms with Crippen LogP contribution >= 0.6 is 0 Å². The summed E-state index contributed by atoms with van der Waals surface area (Å²) in [7, 11) is 0. The fourth-order valence-electron chi connectivity index (χ4n) is 5.15. The van der Waals surface area contributed by atoms with Gasteiger partial charge in [-0.2, -0.15) is 18.3 Å². The van der Waals surface area contributed by atoms with Crippen LogP contribution in [0.25, 0.3) is 11.3 Å². The smallest absolute Gasteiger partial charge is 0.385 e. The summed E-state index contributed by atoms with van der Waals surface area (Å²) < 4.78 is 42.6. The Labute approximate surface area is 240 Å². The van der Waals surface area contributed by atoms with Gasteiger partial charge in [0.15, 0.2) is 17.3 Å². The predicted molar refractivity (Wildman–Crippen MR) is 149 cm³/mol. The number of rotatable bonds is 13. The van der Waals surface area contributed by atoms with Crippen molar-refractivity contribution in [2.24, 2.45) is 17.6 Å². The largest absolute Gasteiger partial charge is 0.435 e. The zero-order valence-corrected chi connectivity index (χ0v) is 23.3. The molecular weight excluding hydrogens is 551 g/mol. The number of ketones is 2. The Hall–Kier alpha value is -4.35. The highest BCUT2D eigenvalue weighted by Gasteiger charge is 2.40. The van der Waals surface area contributed by atoms with Gasteiger partial charge in [0, 0.05) is 54.0 Å². The number of aldehydes is 1. The lowest BCUT2D eigenvalue weighted by Gasteiger charge is -2.35. The molecule has 12 heteroatoms. The van der Waals surface area contributed by atoms with Gasteiger partial charge in [0.05, 0.1) is 17.3 Å². The zero-order valence-electron chi connectivity index (χ0n) is 23.3. The number of nitrogens with zero attached hydrogens (tertiary/aromatic N) is 3. The summed E-state index contributed by atoms with van der Waals surface area (Å²) in [4.78, 5) is 51.9. The number of pyridine rings is 1. The van der Waals surface area contributed by atoms with Crippen LogP contribution in [0, 0.1) is 18.8 Å². The normalized spacial score (nSPS) is 17.3. The predicted octanol–water partition coefficient (Wildman–Crippen LogP) is 5.19. The standard InChI is InChI=1S/C30H32F3N5O4/c1-17-5-3-7-26(36-17)25-16-38(37-28(25)30(31,32)33)22-11-19(12-22)15-35-21-8-9-23(18(2)40)24(14-21)27(41)13-20(29(34)42)6-4-10-39/h3,5,7-10,14,16,19-20,22,35H,4,6,11-13,15H2,1-2H3,(H2,34,42). The van der Waals surface area contributed by atoms with Crippen molar-refractivity contribution in [3.8, 4) is 11.3 Å². The number of Topliss-reactive ketones (excluding diaryl/α,β-unsaturated/α-hetero) is 2. The van der Waals surface area contributed by atoms with Crippen LogP contribution in [0.5, 0.6) is 0 Å². The van der Waals surface area contributed by atoms with E-state index in [4.69, 9.17) is 5.73 Å². The number of nitrogens with two attached hydrogens (primary N) is 1. The Kier molecular flexibility index (Phi) is 9.23. The van der Waals surface area contributed by atoms with Crippen LogP contribution in [-0.4, -0.2) is 45.1 Å². The fourth-order valence-corrected chi connectivity index (χ4v) is 5.15. The van der Waals surface area contributed by atoms with Gasteiger partial charge in [-0.15, -0.1) is 0 Å². The summed E-state index contributed by atoms with van der Waals surface area (Å²) in [6.45, 7) is 3.54. The summed E-state index contributed by atoms with van der Waals surface area (Å²) in [5.74, 6) is -2.12. The Morgan fingerprint density at radius 1 is 1.17 bits per heavy atom. The summed E-state index contributed by atoms with van der Waals surface area (Å²) >= 11 is 0. The molecule has 222 valence electrons. The van der Waals surface area contributed by atoms with Crippen LogP contribution < -0.4 is 11.1 Å². The van der Waals surface area contributed by atoms with Gasteiger partial charge in [-0.25, -0.2) is 0 Å². The molecule has 42 heavy (non-hydrogen) atoms. The number of primary amides is 1. The molecule has 1 aliphatic rings. The van der Waals surface area contributed by atoms with E-state index in [-0.39, 0.29) is 59.4 Å². The Balaban J connectivity index is 1.42. The first-order valence-electron chi connectivity index (χ1n) is 13.6. The molecule has 0 bridgehead atoms. The van der Waals surface area contributed by atoms with Crippen LogP contribution in [0.2, 0.25) is 0 Å². The summed E-state index contributed by atoms with van der Waals surface area (Å²) in [6.07, 6.45) is -1.35. The number of carbonyl (C=O) groups excluding carboxylic acids is 4. The van der Waals surface area contributed by atoms with Gasteiger partial charge in [-0.3, -0.25) is 24.0 Å². The van der Waals surface area contributed by atoms with Gasteiger partial charge in [0.1, 0.15) is 6.29 Å². The molecule has 3 N–H and O–H groups in total. The number of aromatic nitrogens is 3. The van der Waals surface area contributed by atoms with E-state index in [2.05, 4.69) is 15.4 Å². The van der Waals surface area contributed by atoms with Crippen molar-refractivity contribution >= 4 is 29.4 Å². The number of amides is 1. The van der Waals surface area contributed by atoms with Crippen molar-refractivity contribution in [2.75, 3.05) is 11.9 Å². The average molecular weight is 584 g/mol. The monoisotopic (exact) mass is 583 g/mol. The number of nitrogens with one attached hydrogen (secondary N) is 1. The lowest BCUT2D eigenvalue weighted by Crippen LogP contribution is -2.32. The van der Waals surface area contributed by atoms with Gasteiger partial charge in [0.25, 0.3) is 0 Å². The molecule has 2 heterocycles. The van der Waals surface area contributed by atoms with Gasteiger partial charge in [0.2, 0.25) is 5.91 Å². The van der Waals surface area contributed by atoms with E-state index in [1.165, 1.54) is 29.9 Å². The van der Waals surface area contributed by atoms with Crippen LogP contribution in [0.3, 0.4) is 0 Å². The van der Waals surface area contributed by atoms with Crippen LogP contribution in [0.4, 0.5) is 18.9 Å². The first-order valence-corrected chi connectivity index (χ1v) is 13.6. The van der Waals surface area contributed by atoms with E-state index < -0.39 is 29.5 Å². The molecule has 0 aliphatic heterocycles.